The Morgan fingerprint density at radius 1 is 1.20 bits per heavy atom. The first kappa shape index (κ1) is 17.4. The molecular weight excluding hydrogens is 343 g/mol. The zero-order chi connectivity index (χ0) is 17.8. The van der Waals surface area contributed by atoms with E-state index >= 15 is 0 Å². The summed E-state index contributed by atoms with van der Waals surface area (Å²) in [5.41, 5.74) is 1.39. The van der Waals surface area contributed by atoms with Gasteiger partial charge in [0, 0.05) is 36.6 Å². The normalized spacial score (nSPS) is 17.0. The van der Waals surface area contributed by atoms with Crippen LogP contribution in [0.1, 0.15) is 17.5 Å². The van der Waals surface area contributed by atoms with Crippen molar-refractivity contribution in [2.45, 2.75) is 19.5 Å². The Kier molecular flexibility index (Phi) is 5.34. The lowest BCUT2D eigenvalue weighted by atomic mass is 10.1. The van der Waals surface area contributed by atoms with Gasteiger partial charge in [-0.15, -0.1) is 0 Å². The number of amides is 2. The smallest absolute Gasteiger partial charge is 0.225 e. The Balaban J connectivity index is 1.55. The fraction of sp³-hybridized carbons (Fsp3) is 0.263. The Bertz CT molecular complexity index is 779. The molecule has 1 atom stereocenters. The van der Waals surface area contributed by atoms with E-state index in [-0.39, 0.29) is 30.6 Å². The summed E-state index contributed by atoms with van der Waals surface area (Å²) in [5, 5.41) is 3.48. The van der Waals surface area contributed by atoms with Gasteiger partial charge >= 0.3 is 0 Å². The molecule has 1 aliphatic rings. The number of likely N-dealkylation sites (tertiary alicyclic amines) is 1. The van der Waals surface area contributed by atoms with E-state index < -0.39 is 5.92 Å². The number of carbonyl (C=O) groups is 2. The average Bonchev–Trinajstić information content (AvgIpc) is 2.97. The molecule has 130 valence electrons. The highest BCUT2D eigenvalue weighted by Crippen LogP contribution is 2.21. The highest BCUT2D eigenvalue weighted by Gasteiger charge is 2.34. The standard InChI is InChI=1S/C19H18ClFN2O2/c20-16-7-5-13(6-8-16)10-22-19(25)15-9-18(24)23(12-15)11-14-3-1-2-4-17(14)21/h1-8,15H,9-12H2,(H,22,25). The molecule has 25 heavy (non-hydrogen) atoms. The van der Waals surface area contributed by atoms with Gasteiger partial charge in [0.15, 0.2) is 0 Å². The molecule has 1 unspecified atom stereocenters. The number of carbonyl (C=O) groups excluding carboxylic acids is 2. The highest BCUT2D eigenvalue weighted by molar-refractivity contribution is 6.30. The van der Waals surface area contributed by atoms with Gasteiger partial charge < -0.3 is 10.2 Å². The fourth-order valence-corrected chi connectivity index (χ4v) is 2.99. The SMILES string of the molecule is O=C(NCc1ccc(Cl)cc1)C1CC(=O)N(Cc2ccccc2F)C1. The van der Waals surface area contributed by atoms with Crippen LogP contribution >= 0.6 is 11.6 Å². The molecular formula is C19H18ClFN2O2. The van der Waals surface area contributed by atoms with E-state index in [2.05, 4.69) is 5.32 Å². The number of halogens is 2. The third kappa shape index (κ3) is 4.37. The van der Waals surface area contributed by atoms with Crippen LogP contribution in [-0.2, 0) is 22.7 Å². The summed E-state index contributed by atoms with van der Waals surface area (Å²) in [7, 11) is 0. The van der Waals surface area contributed by atoms with Gasteiger partial charge in [-0.3, -0.25) is 9.59 Å². The van der Waals surface area contributed by atoms with E-state index in [9.17, 15) is 14.0 Å². The molecule has 6 heteroatoms. The summed E-state index contributed by atoms with van der Waals surface area (Å²) in [6.45, 7) is 0.875. The lowest BCUT2D eigenvalue weighted by molar-refractivity contribution is -0.129. The number of nitrogens with zero attached hydrogens (tertiary/aromatic N) is 1. The molecule has 1 aliphatic heterocycles. The first-order chi connectivity index (χ1) is 12.0. The predicted octanol–water partition coefficient (Wildman–Crippen LogP) is 3.14. The second kappa shape index (κ2) is 7.66. The average molecular weight is 361 g/mol. The van der Waals surface area contributed by atoms with Crippen molar-refractivity contribution in [1.29, 1.82) is 0 Å². The molecule has 0 radical (unpaired) electrons. The zero-order valence-electron chi connectivity index (χ0n) is 13.5. The molecule has 0 aromatic heterocycles. The second-order valence-electron chi connectivity index (χ2n) is 6.11. The fourth-order valence-electron chi connectivity index (χ4n) is 2.87. The molecule has 3 rings (SSSR count). The quantitative estimate of drug-likeness (QED) is 0.890. The van der Waals surface area contributed by atoms with Crippen molar-refractivity contribution >= 4 is 23.4 Å². The highest BCUT2D eigenvalue weighted by atomic mass is 35.5. The molecule has 2 aromatic rings. The summed E-state index contributed by atoms with van der Waals surface area (Å²) < 4.78 is 13.7. The molecule has 0 saturated carbocycles. The molecule has 1 N–H and O–H groups in total. The van der Waals surface area contributed by atoms with Gasteiger partial charge in [0.1, 0.15) is 5.82 Å². The van der Waals surface area contributed by atoms with Crippen LogP contribution in [0.25, 0.3) is 0 Å². The van der Waals surface area contributed by atoms with Crippen LogP contribution in [0.2, 0.25) is 5.02 Å². The second-order valence-corrected chi connectivity index (χ2v) is 6.55. The van der Waals surface area contributed by atoms with Crippen LogP contribution in [0, 0.1) is 11.7 Å². The van der Waals surface area contributed by atoms with Gasteiger partial charge in [0.05, 0.1) is 5.92 Å². The van der Waals surface area contributed by atoms with Gasteiger partial charge in [-0.05, 0) is 23.8 Å². The van der Waals surface area contributed by atoms with Crippen molar-refractivity contribution in [2.75, 3.05) is 6.54 Å². The predicted molar refractivity (Wildman–Crippen MR) is 93.2 cm³/mol. The number of rotatable bonds is 5. The molecule has 2 aromatic carbocycles. The summed E-state index contributed by atoms with van der Waals surface area (Å²) >= 11 is 5.83. The van der Waals surface area contributed by atoms with Crippen LogP contribution < -0.4 is 5.32 Å². The Morgan fingerprint density at radius 3 is 2.64 bits per heavy atom. The molecule has 1 heterocycles. The maximum Gasteiger partial charge on any atom is 0.225 e. The first-order valence-corrected chi connectivity index (χ1v) is 8.44. The molecule has 0 spiro atoms. The Hall–Kier alpha value is -2.40. The van der Waals surface area contributed by atoms with Crippen LogP contribution in [-0.4, -0.2) is 23.3 Å². The third-order valence-electron chi connectivity index (χ3n) is 4.28. The van der Waals surface area contributed by atoms with Crippen molar-refractivity contribution in [2.24, 2.45) is 5.92 Å². The first-order valence-electron chi connectivity index (χ1n) is 8.06. The van der Waals surface area contributed by atoms with E-state index in [1.54, 1.807) is 30.3 Å². The van der Waals surface area contributed by atoms with E-state index in [0.717, 1.165) is 5.56 Å². The zero-order valence-corrected chi connectivity index (χ0v) is 14.3. The van der Waals surface area contributed by atoms with Crippen molar-refractivity contribution in [3.63, 3.8) is 0 Å². The molecule has 2 amide bonds. The molecule has 1 fully saturated rings. The largest absolute Gasteiger partial charge is 0.352 e. The Labute approximate surface area is 150 Å². The number of hydrogen-bond donors (Lipinski definition) is 1. The maximum atomic E-state index is 13.7. The van der Waals surface area contributed by atoms with E-state index in [1.165, 1.54) is 11.0 Å². The summed E-state index contributed by atoms with van der Waals surface area (Å²) in [6, 6.07) is 13.6. The molecule has 0 aliphatic carbocycles. The van der Waals surface area contributed by atoms with Crippen molar-refractivity contribution < 1.29 is 14.0 Å². The monoisotopic (exact) mass is 360 g/mol. The van der Waals surface area contributed by atoms with Crippen LogP contribution in [0.3, 0.4) is 0 Å². The van der Waals surface area contributed by atoms with E-state index in [4.69, 9.17) is 11.6 Å². The van der Waals surface area contributed by atoms with E-state index in [0.29, 0.717) is 23.7 Å². The van der Waals surface area contributed by atoms with Gasteiger partial charge in [-0.1, -0.05) is 41.9 Å². The topological polar surface area (TPSA) is 49.4 Å². The summed E-state index contributed by atoms with van der Waals surface area (Å²) in [4.78, 5) is 26.0. The van der Waals surface area contributed by atoms with Crippen LogP contribution in [0.15, 0.2) is 48.5 Å². The van der Waals surface area contributed by atoms with Crippen LogP contribution in [0.5, 0.6) is 0 Å². The van der Waals surface area contributed by atoms with Gasteiger partial charge in [0.2, 0.25) is 11.8 Å². The minimum absolute atomic E-state index is 0.130. The van der Waals surface area contributed by atoms with Crippen molar-refractivity contribution in [1.82, 2.24) is 10.2 Å². The third-order valence-corrected chi connectivity index (χ3v) is 4.54. The lowest BCUT2D eigenvalue weighted by Gasteiger charge is -2.17. The van der Waals surface area contributed by atoms with Crippen molar-refractivity contribution in [3.8, 4) is 0 Å². The number of nitrogens with one attached hydrogen (secondary N) is 1. The van der Waals surface area contributed by atoms with Crippen LogP contribution in [0.4, 0.5) is 4.39 Å². The summed E-state index contributed by atoms with van der Waals surface area (Å²) in [5.74, 6) is -1.05. The Morgan fingerprint density at radius 2 is 1.92 bits per heavy atom. The molecule has 1 saturated heterocycles. The van der Waals surface area contributed by atoms with Gasteiger partial charge in [-0.25, -0.2) is 4.39 Å². The van der Waals surface area contributed by atoms with E-state index in [1.807, 2.05) is 12.1 Å². The molecule has 4 nitrogen and oxygen atoms in total. The minimum Gasteiger partial charge on any atom is -0.352 e. The summed E-state index contributed by atoms with van der Waals surface area (Å²) in [6.07, 6.45) is 0.154. The lowest BCUT2D eigenvalue weighted by Crippen LogP contribution is -2.32. The molecule has 0 bridgehead atoms. The maximum absolute atomic E-state index is 13.7. The van der Waals surface area contributed by atoms with Crippen molar-refractivity contribution in [3.05, 3.63) is 70.5 Å². The minimum atomic E-state index is -0.411. The number of benzene rings is 2. The van der Waals surface area contributed by atoms with Gasteiger partial charge in [0.25, 0.3) is 0 Å². The number of hydrogen-bond acceptors (Lipinski definition) is 2. The van der Waals surface area contributed by atoms with Gasteiger partial charge in [-0.2, -0.15) is 0 Å².